The van der Waals surface area contributed by atoms with Crippen LogP contribution in [0.4, 0.5) is 5.82 Å². The third-order valence-corrected chi connectivity index (χ3v) is 4.10. The fourth-order valence-electron chi connectivity index (χ4n) is 2.40. The van der Waals surface area contributed by atoms with Crippen LogP contribution >= 0.6 is 23.2 Å². The first kappa shape index (κ1) is 18.8. The zero-order valence-corrected chi connectivity index (χ0v) is 15.3. The summed E-state index contributed by atoms with van der Waals surface area (Å²) >= 11 is 12.2. The molecule has 2 heterocycles. The Morgan fingerprint density at radius 3 is 2.56 bits per heavy atom. The first-order valence-corrected chi connectivity index (χ1v) is 8.47. The summed E-state index contributed by atoms with van der Waals surface area (Å²) in [5, 5.41) is 16.4. The number of hydrogen-bond acceptors (Lipinski definition) is 6. The van der Waals surface area contributed by atoms with Crippen LogP contribution in [0, 0.1) is 0 Å². The van der Waals surface area contributed by atoms with Crippen molar-refractivity contribution in [2.75, 3.05) is 11.9 Å². The Kier molecular flexibility index (Phi) is 5.68. The quantitative estimate of drug-likeness (QED) is 0.576. The van der Waals surface area contributed by atoms with Crippen molar-refractivity contribution in [2.45, 2.75) is 6.54 Å². The molecule has 1 aromatic carbocycles. The van der Waals surface area contributed by atoms with Crippen molar-refractivity contribution < 1.29 is 14.7 Å². The molecule has 0 saturated carbocycles. The van der Waals surface area contributed by atoms with E-state index in [1.807, 2.05) is 0 Å². The number of aromatic nitrogens is 3. The number of pyridine rings is 1. The predicted molar refractivity (Wildman–Crippen MR) is 101 cm³/mol. The van der Waals surface area contributed by atoms with Crippen molar-refractivity contribution in [3.05, 3.63) is 58.2 Å². The maximum Gasteiger partial charge on any atom is 0.354 e. The Morgan fingerprint density at radius 2 is 1.85 bits per heavy atom. The zero-order chi connectivity index (χ0) is 19.4. The van der Waals surface area contributed by atoms with E-state index in [2.05, 4.69) is 25.6 Å². The Hall–Kier alpha value is -2.97. The van der Waals surface area contributed by atoms with Gasteiger partial charge in [-0.2, -0.15) is 0 Å². The van der Waals surface area contributed by atoms with Crippen molar-refractivity contribution >= 4 is 51.7 Å². The summed E-state index contributed by atoms with van der Waals surface area (Å²) in [6, 6.07) is 4.47. The highest BCUT2D eigenvalue weighted by Gasteiger charge is 2.15. The molecule has 0 bridgehead atoms. The number of aromatic carboxylic acids is 1. The summed E-state index contributed by atoms with van der Waals surface area (Å²) in [6.45, 7) is 0.138. The maximum atomic E-state index is 12.1. The minimum absolute atomic E-state index is 0.127. The molecule has 3 N–H and O–H groups in total. The van der Waals surface area contributed by atoms with Gasteiger partial charge in [0.25, 0.3) is 0 Å². The summed E-state index contributed by atoms with van der Waals surface area (Å²) < 4.78 is 0. The fourth-order valence-corrected chi connectivity index (χ4v) is 3.00. The highest BCUT2D eigenvalue weighted by molar-refractivity contribution is 6.39. The molecule has 0 atom stereocenters. The number of rotatable bonds is 6. The van der Waals surface area contributed by atoms with Crippen LogP contribution < -0.4 is 10.6 Å². The van der Waals surface area contributed by atoms with Gasteiger partial charge in [-0.25, -0.2) is 19.7 Å². The van der Waals surface area contributed by atoms with E-state index in [0.29, 0.717) is 20.8 Å². The van der Waals surface area contributed by atoms with E-state index < -0.39 is 5.97 Å². The molecule has 3 aromatic rings. The monoisotopic (exact) mass is 405 g/mol. The lowest BCUT2D eigenvalue weighted by atomic mass is 10.1. The molecular weight excluding hydrogens is 393 g/mol. The van der Waals surface area contributed by atoms with E-state index in [0.717, 1.165) is 5.56 Å². The average molecular weight is 406 g/mol. The summed E-state index contributed by atoms with van der Waals surface area (Å²) in [4.78, 5) is 35.2. The number of halogens is 2. The van der Waals surface area contributed by atoms with Crippen LogP contribution in [0.3, 0.4) is 0 Å². The Labute approximate surface area is 163 Å². The molecule has 8 nitrogen and oxygen atoms in total. The third-order valence-electron chi connectivity index (χ3n) is 3.59. The van der Waals surface area contributed by atoms with Crippen molar-refractivity contribution in [2.24, 2.45) is 0 Å². The van der Waals surface area contributed by atoms with E-state index in [-0.39, 0.29) is 30.5 Å². The number of benzene rings is 1. The minimum atomic E-state index is -1.20. The Balaban J connectivity index is 1.79. The number of nitrogens with zero attached hydrogens (tertiary/aromatic N) is 3. The van der Waals surface area contributed by atoms with E-state index in [4.69, 9.17) is 23.2 Å². The van der Waals surface area contributed by atoms with Crippen LogP contribution in [0.1, 0.15) is 16.1 Å². The lowest BCUT2D eigenvalue weighted by molar-refractivity contribution is -0.119. The van der Waals surface area contributed by atoms with Gasteiger partial charge in [0, 0.05) is 34.9 Å². The van der Waals surface area contributed by atoms with Gasteiger partial charge in [-0.1, -0.05) is 23.2 Å². The van der Waals surface area contributed by atoms with Gasteiger partial charge < -0.3 is 15.7 Å². The molecule has 0 fully saturated rings. The Bertz CT molecular complexity index is 1010. The van der Waals surface area contributed by atoms with Gasteiger partial charge in [0.1, 0.15) is 12.1 Å². The molecular formula is C17H13Cl2N5O3. The van der Waals surface area contributed by atoms with Crippen molar-refractivity contribution in [1.82, 2.24) is 20.3 Å². The average Bonchev–Trinajstić information content (AvgIpc) is 2.64. The molecule has 3 rings (SSSR count). The number of nitrogens with one attached hydrogen (secondary N) is 2. The number of hydrogen-bond donors (Lipinski definition) is 3. The first-order chi connectivity index (χ1) is 12.9. The fraction of sp³-hybridized carbons (Fsp3) is 0.118. The number of carboxylic acid groups (broad SMARTS) is 1. The van der Waals surface area contributed by atoms with Crippen molar-refractivity contribution in [1.29, 1.82) is 0 Å². The van der Waals surface area contributed by atoms with Crippen molar-refractivity contribution in [3.8, 4) is 0 Å². The highest BCUT2D eigenvalue weighted by atomic mass is 35.5. The van der Waals surface area contributed by atoms with Crippen LogP contribution in [0.25, 0.3) is 10.8 Å². The molecule has 0 radical (unpaired) electrons. The number of fused-ring (bicyclic) bond motifs is 1. The van der Waals surface area contributed by atoms with Crippen LogP contribution in [0.5, 0.6) is 0 Å². The summed E-state index contributed by atoms with van der Waals surface area (Å²) in [6.07, 6.45) is 4.58. The smallest absolute Gasteiger partial charge is 0.354 e. The topological polar surface area (TPSA) is 117 Å². The van der Waals surface area contributed by atoms with Crippen LogP contribution in [-0.2, 0) is 11.3 Å². The van der Waals surface area contributed by atoms with E-state index >= 15 is 0 Å². The largest absolute Gasteiger partial charge is 0.477 e. The molecule has 0 unspecified atom stereocenters. The van der Waals surface area contributed by atoms with E-state index in [9.17, 15) is 14.7 Å². The van der Waals surface area contributed by atoms with Gasteiger partial charge in [0.05, 0.1) is 11.6 Å². The summed E-state index contributed by atoms with van der Waals surface area (Å²) in [5.74, 6) is -1.34. The lowest BCUT2D eigenvalue weighted by Gasteiger charge is -2.12. The second-order valence-corrected chi connectivity index (χ2v) is 6.37. The second-order valence-electron chi connectivity index (χ2n) is 5.52. The molecule has 0 aliphatic carbocycles. The third kappa shape index (κ3) is 4.60. The van der Waals surface area contributed by atoms with Crippen LogP contribution in [-0.4, -0.2) is 38.5 Å². The molecule has 27 heavy (non-hydrogen) atoms. The van der Waals surface area contributed by atoms with Gasteiger partial charge in [-0.3, -0.25) is 4.79 Å². The minimum Gasteiger partial charge on any atom is -0.477 e. The molecule has 0 aliphatic heterocycles. The normalized spacial score (nSPS) is 10.6. The number of carboxylic acids is 1. The summed E-state index contributed by atoms with van der Waals surface area (Å²) in [5.41, 5.74) is 0.560. The van der Waals surface area contributed by atoms with Gasteiger partial charge in [0.2, 0.25) is 5.91 Å². The SMILES string of the molecule is O=C(CNc1nc(C(=O)O)cc2cc(Cl)cc(Cl)c12)NCc1cncnc1. The molecule has 10 heteroatoms. The molecule has 2 aromatic heterocycles. The summed E-state index contributed by atoms with van der Waals surface area (Å²) in [7, 11) is 0. The molecule has 138 valence electrons. The van der Waals surface area contributed by atoms with Gasteiger partial charge in [-0.15, -0.1) is 0 Å². The molecule has 0 saturated heterocycles. The molecule has 1 amide bonds. The van der Waals surface area contributed by atoms with Crippen molar-refractivity contribution in [3.63, 3.8) is 0 Å². The lowest BCUT2D eigenvalue weighted by Crippen LogP contribution is -2.29. The van der Waals surface area contributed by atoms with Gasteiger partial charge in [-0.05, 0) is 23.6 Å². The highest BCUT2D eigenvalue weighted by Crippen LogP contribution is 2.33. The first-order valence-electron chi connectivity index (χ1n) is 7.71. The second kappa shape index (κ2) is 8.15. The predicted octanol–water partition coefficient (Wildman–Crippen LogP) is 2.76. The van der Waals surface area contributed by atoms with Gasteiger partial charge in [0.15, 0.2) is 5.69 Å². The maximum absolute atomic E-state index is 12.1. The van der Waals surface area contributed by atoms with E-state index in [1.165, 1.54) is 18.5 Å². The molecule has 0 spiro atoms. The molecule has 0 aliphatic rings. The van der Waals surface area contributed by atoms with Crippen LogP contribution in [0.2, 0.25) is 10.0 Å². The number of anilines is 1. The zero-order valence-electron chi connectivity index (χ0n) is 13.7. The number of amides is 1. The Morgan fingerprint density at radius 1 is 1.11 bits per heavy atom. The van der Waals surface area contributed by atoms with Gasteiger partial charge >= 0.3 is 5.97 Å². The standard InChI is InChI=1S/C17H13Cl2N5O3/c18-11-1-10-2-13(17(26)27)24-16(15(10)12(19)3-11)23-7-14(25)22-6-9-4-20-8-21-5-9/h1-5,8H,6-7H2,(H,22,25)(H,23,24)(H,26,27). The number of carbonyl (C=O) groups excluding carboxylic acids is 1. The van der Waals surface area contributed by atoms with E-state index in [1.54, 1.807) is 18.5 Å². The van der Waals surface area contributed by atoms with Crippen LogP contribution in [0.15, 0.2) is 36.9 Å². The number of carbonyl (C=O) groups is 2.